The highest BCUT2D eigenvalue weighted by Gasteiger charge is 2.31. The van der Waals surface area contributed by atoms with Gasteiger partial charge in [-0.3, -0.25) is 9.59 Å². The van der Waals surface area contributed by atoms with Gasteiger partial charge in [-0.25, -0.2) is 12.7 Å². The fraction of sp³-hybridized carbons (Fsp3) is 0.571. The molecule has 8 nitrogen and oxygen atoms in total. The first-order chi connectivity index (χ1) is 10.6. The van der Waals surface area contributed by atoms with Crippen molar-refractivity contribution in [3.63, 3.8) is 0 Å². The quantitative estimate of drug-likeness (QED) is 0.864. The minimum atomic E-state index is -3.68. The number of aryl methyl sites for hydroxylation is 1. The van der Waals surface area contributed by atoms with Gasteiger partial charge in [0.15, 0.2) is 5.76 Å². The minimum absolute atomic E-state index is 0.0359. The zero-order valence-electron chi connectivity index (χ0n) is 13.3. The van der Waals surface area contributed by atoms with Gasteiger partial charge in [0, 0.05) is 33.3 Å². The van der Waals surface area contributed by atoms with Crippen LogP contribution in [0.3, 0.4) is 0 Å². The summed E-state index contributed by atoms with van der Waals surface area (Å²) in [4.78, 5) is 24.8. The summed E-state index contributed by atoms with van der Waals surface area (Å²) >= 11 is 0. The highest BCUT2D eigenvalue weighted by Crippen LogP contribution is 2.25. The fourth-order valence-electron chi connectivity index (χ4n) is 2.51. The van der Waals surface area contributed by atoms with Gasteiger partial charge in [0.05, 0.1) is 5.92 Å². The van der Waals surface area contributed by atoms with Crippen LogP contribution in [0.1, 0.15) is 29.2 Å². The molecule has 1 fully saturated rings. The maximum Gasteiger partial charge on any atom is 0.306 e. The Balaban J connectivity index is 2.18. The zero-order chi connectivity index (χ0) is 17.4. The van der Waals surface area contributed by atoms with E-state index in [1.807, 2.05) is 0 Å². The number of hydrogen-bond donors (Lipinski definition) is 1. The van der Waals surface area contributed by atoms with Gasteiger partial charge in [-0.2, -0.15) is 0 Å². The highest BCUT2D eigenvalue weighted by atomic mass is 32.2. The molecule has 0 saturated carbocycles. The molecule has 0 bridgehead atoms. The number of aliphatic carboxylic acids is 1. The second-order valence-electron chi connectivity index (χ2n) is 5.72. The molecule has 2 heterocycles. The van der Waals surface area contributed by atoms with Crippen molar-refractivity contribution in [1.82, 2.24) is 9.21 Å². The molecular formula is C14H20N2O6S. The Labute approximate surface area is 134 Å². The summed E-state index contributed by atoms with van der Waals surface area (Å²) in [6.07, 6.45) is 0.757. The molecule has 0 atom stereocenters. The zero-order valence-corrected chi connectivity index (χ0v) is 14.1. The number of likely N-dealkylation sites (tertiary alicyclic amines) is 1. The third-order valence-corrected chi connectivity index (χ3v) is 5.90. The number of carboxylic acid groups (broad SMARTS) is 1. The van der Waals surface area contributed by atoms with E-state index in [0.717, 1.165) is 4.31 Å². The van der Waals surface area contributed by atoms with E-state index in [4.69, 9.17) is 9.52 Å². The summed E-state index contributed by atoms with van der Waals surface area (Å²) < 4.78 is 30.7. The van der Waals surface area contributed by atoms with Crippen LogP contribution in [0, 0.1) is 12.8 Å². The first-order valence-electron chi connectivity index (χ1n) is 7.19. The van der Waals surface area contributed by atoms with Crippen molar-refractivity contribution in [2.24, 2.45) is 5.92 Å². The van der Waals surface area contributed by atoms with Crippen LogP contribution in [0.25, 0.3) is 0 Å². The molecule has 128 valence electrons. The number of carbonyl (C=O) groups excluding carboxylic acids is 1. The summed E-state index contributed by atoms with van der Waals surface area (Å²) in [5, 5.41) is 8.97. The number of carbonyl (C=O) groups is 2. The average molecular weight is 344 g/mol. The lowest BCUT2D eigenvalue weighted by molar-refractivity contribution is -0.143. The van der Waals surface area contributed by atoms with E-state index in [2.05, 4.69) is 0 Å². The second-order valence-corrected chi connectivity index (χ2v) is 7.84. The SMILES string of the molecule is Cc1oc(C(=O)N2CCC(C(=O)O)CC2)cc1S(=O)(=O)N(C)C. The van der Waals surface area contributed by atoms with Crippen molar-refractivity contribution in [1.29, 1.82) is 0 Å². The van der Waals surface area contributed by atoms with Crippen molar-refractivity contribution in [2.45, 2.75) is 24.7 Å². The fourth-order valence-corrected chi connectivity index (χ4v) is 3.56. The monoisotopic (exact) mass is 344 g/mol. The molecule has 1 aromatic rings. The van der Waals surface area contributed by atoms with Crippen LogP contribution in [-0.2, 0) is 14.8 Å². The van der Waals surface area contributed by atoms with Crippen LogP contribution in [0.5, 0.6) is 0 Å². The minimum Gasteiger partial charge on any atom is -0.481 e. The number of furan rings is 1. The molecule has 1 amide bonds. The Hall–Kier alpha value is -1.87. The lowest BCUT2D eigenvalue weighted by Crippen LogP contribution is -2.40. The van der Waals surface area contributed by atoms with Crippen molar-refractivity contribution in [3.8, 4) is 0 Å². The van der Waals surface area contributed by atoms with Crippen molar-refractivity contribution in [2.75, 3.05) is 27.2 Å². The number of amides is 1. The predicted molar refractivity (Wildman–Crippen MR) is 80.6 cm³/mol. The summed E-state index contributed by atoms with van der Waals surface area (Å²) in [7, 11) is -0.874. The van der Waals surface area contributed by atoms with E-state index < -0.39 is 27.8 Å². The van der Waals surface area contributed by atoms with E-state index in [1.165, 1.54) is 32.0 Å². The number of piperidine rings is 1. The van der Waals surface area contributed by atoms with Gasteiger partial charge in [-0.05, 0) is 19.8 Å². The predicted octanol–water partition coefficient (Wildman–Crippen LogP) is 0.775. The van der Waals surface area contributed by atoms with Crippen LogP contribution in [-0.4, -0.2) is 61.8 Å². The van der Waals surface area contributed by atoms with E-state index >= 15 is 0 Å². The molecule has 23 heavy (non-hydrogen) atoms. The van der Waals surface area contributed by atoms with Gasteiger partial charge < -0.3 is 14.4 Å². The average Bonchev–Trinajstić information content (AvgIpc) is 2.89. The summed E-state index contributed by atoms with van der Waals surface area (Å²) in [6, 6.07) is 1.23. The van der Waals surface area contributed by atoms with Gasteiger partial charge in [-0.1, -0.05) is 0 Å². The Bertz CT molecular complexity index is 714. The number of carboxylic acids is 1. The summed E-state index contributed by atoms with van der Waals surface area (Å²) in [6.45, 7) is 2.11. The molecular weight excluding hydrogens is 324 g/mol. The number of rotatable bonds is 4. The normalized spacial score (nSPS) is 16.8. The van der Waals surface area contributed by atoms with Gasteiger partial charge in [0.2, 0.25) is 10.0 Å². The van der Waals surface area contributed by atoms with Crippen molar-refractivity contribution in [3.05, 3.63) is 17.6 Å². The first kappa shape index (κ1) is 17.5. The molecule has 0 unspecified atom stereocenters. The second kappa shape index (κ2) is 6.32. The molecule has 1 aliphatic heterocycles. The van der Waals surface area contributed by atoms with Gasteiger partial charge in [-0.15, -0.1) is 0 Å². The van der Waals surface area contributed by atoms with Gasteiger partial charge in [0.1, 0.15) is 10.7 Å². The van der Waals surface area contributed by atoms with E-state index in [1.54, 1.807) is 0 Å². The van der Waals surface area contributed by atoms with Crippen LogP contribution in [0.15, 0.2) is 15.4 Å². The highest BCUT2D eigenvalue weighted by molar-refractivity contribution is 7.89. The Kier molecular flexibility index (Phi) is 4.81. The molecule has 0 aliphatic carbocycles. The summed E-state index contributed by atoms with van der Waals surface area (Å²) in [5.74, 6) is -1.61. The van der Waals surface area contributed by atoms with Crippen LogP contribution in [0.4, 0.5) is 0 Å². The number of hydrogen-bond acceptors (Lipinski definition) is 5. The third-order valence-electron chi connectivity index (χ3n) is 3.97. The van der Waals surface area contributed by atoms with Crippen LogP contribution < -0.4 is 0 Å². The maximum absolute atomic E-state index is 12.4. The molecule has 2 rings (SSSR count). The van der Waals surface area contributed by atoms with Crippen LogP contribution >= 0.6 is 0 Å². The molecule has 0 spiro atoms. The van der Waals surface area contributed by atoms with Crippen LogP contribution in [0.2, 0.25) is 0 Å². The topological polar surface area (TPSA) is 108 Å². The Morgan fingerprint density at radius 1 is 1.30 bits per heavy atom. The maximum atomic E-state index is 12.4. The molecule has 1 N–H and O–H groups in total. The van der Waals surface area contributed by atoms with E-state index in [9.17, 15) is 18.0 Å². The molecule has 0 radical (unpaired) electrons. The molecule has 1 aliphatic rings. The van der Waals surface area contributed by atoms with Gasteiger partial charge >= 0.3 is 5.97 Å². The van der Waals surface area contributed by atoms with Gasteiger partial charge in [0.25, 0.3) is 5.91 Å². The smallest absolute Gasteiger partial charge is 0.306 e. The lowest BCUT2D eigenvalue weighted by atomic mass is 9.97. The van der Waals surface area contributed by atoms with E-state index in [0.29, 0.717) is 25.9 Å². The third kappa shape index (κ3) is 3.40. The number of nitrogens with zero attached hydrogens (tertiary/aromatic N) is 2. The Morgan fingerprint density at radius 2 is 1.87 bits per heavy atom. The van der Waals surface area contributed by atoms with E-state index in [-0.39, 0.29) is 16.4 Å². The molecule has 9 heteroatoms. The standard InChI is InChI=1S/C14H20N2O6S/c1-9-12(23(20,21)15(2)3)8-11(22-9)13(17)16-6-4-10(5-7-16)14(18)19/h8,10H,4-7H2,1-3H3,(H,18,19). The van der Waals surface area contributed by atoms with Crippen molar-refractivity contribution < 1.29 is 27.5 Å². The molecule has 1 aromatic heterocycles. The van der Waals surface area contributed by atoms with Crippen molar-refractivity contribution >= 4 is 21.9 Å². The summed E-state index contributed by atoms with van der Waals surface area (Å²) in [5.41, 5.74) is 0. The number of sulfonamides is 1. The molecule has 1 saturated heterocycles. The largest absolute Gasteiger partial charge is 0.481 e. The lowest BCUT2D eigenvalue weighted by Gasteiger charge is -2.29. The Morgan fingerprint density at radius 3 is 2.35 bits per heavy atom. The first-order valence-corrected chi connectivity index (χ1v) is 8.63. The molecule has 0 aromatic carbocycles.